The molecule has 6 heteroatoms. The summed E-state index contributed by atoms with van der Waals surface area (Å²) in [6, 6.07) is 3.71. The monoisotopic (exact) mass is 252 g/mol. The van der Waals surface area contributed by atoms with E-state index >= 15 is 0 Å². The number of carbonyl (C=O) groups is 1. The molecular formula is C12H16N2O4. The van der Waals surface area contributed by atoms with Crippen LogP contribution in [-0.2, 0) is 0 Å². The van der Waals surface area contributed by atoms with E-state index in [-0.39, 0.29) is 11.3 Å². The van der Waals surface area contributed by atoms with Crippen molar-refractivity contribution in [3.8, 4) is 0 Å². The Balaban J connectivity index is 2.86. The third-order valence-electron chi connectivity index (χ3n) is 2.54. The molecular weight excluding hydrogens is 236 g/mol. The first-order valence-corrected chi connectivity index (χ1v) is 5.82. The number of carboxylic acids is 1. The van der Waals surface area contributed by atoms with Crippen molar-refractivity contribution >= 4 is 17.3 Å². The molecule has 1 aromatic rings. The maximum atomic E-state index is 11.0. The van der Waals surface area contributed by atoms with Crippen molar-refractivity contribution in [1.82, 2.24) is 0 Å². The predicted octanol–water partition coefficient (Wildman–Crippen LogP) is 2.90. The number of hydrogen-bond donors (Lipinski definition) is 2. The van der Waals surface area contributed by atoms with Crippen molar-refractivity contribution in [2.24, 2.45) is 0 Å². The van der Waals surface area contributed by atoms with Gasteiger partial charge in [0.1, 0.15) is 0 Å². The first-order chi connectivity index (χ1) is 8.56. The van der Waals surface area contributed by atoms with Crippen LogP contribution in [0, 0.1) is 10.1 Å². The number of nitro groups is 1. The molecule has 1 aromatic carbocycles. The Bertz CT molecular complexity index is 446. The quantitative estimate of drug-likeness (QED) is 0.442. The number of nitro benzene ring substituents is 1. The SMILES string of the molecule is CCCCCNc1cc([N+](=O)[O-])ccc1C(=O)O. The number of carboxylic acid groups (broad SMARTS) is 1. The van der Waals surface area contributed by atoms with Gasteiger partial charge in [0.2, 0.25) is 0 Å². The van der Waals surface area contributed by atoms with E-state index in [0.717, 1.165) is 19.3 Å². The highest BCUT2D eigenvalue weighted by atomic mass is 16.6. The average Bonchev–Trinajstić information content (AvgIpc) is 2.34. The highest BCUT2D eigenvalue weighted by molar-refractivity contribution is 5.94. The van der Waals surface area contributed by atoms with Crippen molar-refractivity contribution in [3.63, 3.8) is 0 Å². The molecule has 0 saturated carbocycles. The van der Waals surface area contributed by atoms with Crippen LogP contribution in [0.1, 0.15) is 36.5 Å². The van der Waals surface area contributed by atoms with Crippen LogP contribution < -0.4 is 5.32 Å². The Morgan fingerprint density at radius 2 is 2.17 bits per heavy atom. The third kappa shape index (κ3) is 3.73. The van der Waals surface area contributed by atoms with Crippen molar-refractivity contribution in [3.05, 3.63) is 33.9 Å². The number of benzene rings is 1. The van der Waals surface area contributed by atoms with Gasteiger partial charge in [-0.2, -0.15) is 0 Å². The highest BCUT2D eigenvalue weighted by Crippen LogP contribution is 2.22. The van der Waals surface area contributed by atoms with Gasteiger partial charge in [0.15, 0.2) is 0 Å². The lowest BCUT2D eigenvalue weighted by molar-refractivity contribution is -0.384. The molecule has 0 heterocycles. The molecule has 0 unspecified atom stereocenters. The van der Waals surface area contributed by atoms with Crippen LogP contribution in [-0.4, -0.2) is 22.5 Å². The van der Waals surface area contributed by atoms with E-state index in [4.69, 9.17) is 5.11 Å². The lowest BCUT2D eigenvalue weighted by atomic mass is 10.1. The fourth-order valence-electron chi connectivity index (χ4n) is 1.58. The number of nitrogens with zero attached hydrogens (tertiary/aromatic N) is 1. The summed E-state index contributed by atoms with van der Waals surface area (Å²) in [6.45, 7) is 2.67. The summed E-state index contributed by atoms with van der Waals surface area (Å²) in [4.78, 5) is 21.1. The zero-order chi connectivity index (χ0) is 13.5. The maximum Gasteiger partial charge on any atom is 0.337 e. The van der Waals surface area contributed by atoms with Crippen LogP contribution in [0.3, 0.4) is 0 Å². The second kappa shape index (κ2) is 6.58. The van der Waals surface area contributed by atoms with Gasteiger partial charge in [0.25, 0.3) is 5.69 Å². The molecule has 0 aliphatic carbocycles. The maximum absolute atomic E-state index is 11.0. The van der Waals surface area contributed by atoms with Crippen LogP contribution in [0.15, 0.2) is 18.2 Å². The van der Waals surface area contributed by atoms with E-state index < -0.39 is 10.9 Å². The Labute approximate surface area is 105 Å². The molecule has 0 amide bonds. The second-order valence-electron chi connectivity index (χ2n) is 3.93. The van der Waals surface area contributed by atoms with E-state index in [1.807, 2.05) is 0 Å². The number of aromatic carboxylic acids is 1. The fourth-order valence-corrected chi connectivity index (χ4v) is 1.58. The minimum atomic E-state index is -1.09. The van der Waals surface area contributed by atoms with Gasteiger partial charge in [0, 0.05) is 18.7 Å². The molecule has 0 aliphatic rings. The molecule has 0 saturated heterocycles. The van der Waals surface area contributed by atoms with Crippen LogP contribution in [0.2, 0.25) is 0 Å². The molecule has 18 heavy (non-hydrogen) atoms. The normalized spacial score (nSPS) is 10.1. The standard InChI is InChI=1S/C12H16N2O4/c1-2-3-4-7-13-11-8-9(14(17)18)5-6-10(11)12(15)16/h5-6,8,13H,2-4,7H2,1H3,(H,15,16). The Kier molecular flexibility index (Phi) is 5.10. The van der Waals surface area contributed by atoms with Crippen molar-refractivity contribution < 1.29 is 14.8 Å². The summed E-state index contributed by atoms with van der Waals surface area (Å²) < 4.78 is 0. The second-order valence-corrected chi connectivity index (χ2v) is 3.93. The first-order valence-electron chi connectivity index (χ1n) is 5.82. The molecule has 0 aromatic heterocycles. The van der Waals surface area contributed by atoms with Gasteiger partial charge >= 0.3 is 5.97 Å². The smallest absolute Gasteiger partial charge is 0.337 e. The van der Waals surface area contributed by atoms with Crippen LogP contribution in [0.4, 0.5) is 11.4 Å². The Morgan fingerprint density at radius 1 is 1.44 bits per heavy atom. The first kappa shape index (κ1) is 14.0. The van der Waals surface area contributed by atoms with E-state index in [9.17, 15) is 14.9 Å². The van der Waals surface area contributed by atoms with Gasteiger partial charge in [-0.25, -0.2) is 4.79 Å². The number of nitrogens with one attached hydrogen (secondary N) is 1. The van der Waals surface area contributed by atoms with E-state index in [2.05, 4.69) is 12.2 Å². The third-order valence-corrected chi connectivity index (χ3v) is 2.54. The topological polar surface area (TPSA) is 92.5 Å². The molecule has 0 fully saturated rings. The zero-order valence-electron chi connectivity index (χ0n) is 10.2. The van der Waals surface area contributed by atoms with E-state index in [1.54, 1.807) is 0 Å². The van der Waals surface area contributed by atoms with Crippen molar-refractivity contribution in [1.29, 1.82) is 0 Å². The van der Waals surface area contributed by atoms with Crippen LogP contribution in [0.5, 0.6) is 0 Å². The molecule has 0 aliphatic heterocycles. The molecule has 98 valence electrons. The molecule has 2 N–H and O–H groups in total. The molecule has 0 atom stereocenters. The zero-order valence-corrected chi connectivity index (χ0v) is 10.2. The highest BCUT2D eigenvalue weighted by Gasteiger charge is 2.14. The number of unbranched alkanes of at least 4 members (excludes halogenated alkanes) is 2. The molecule has 0 radical (unpaired) electrons. The minimum absolute atomic E-state index is 0.0529. The van der Waals surface area contributed by atoms with Crippen LogP contribution >= 0.6 is 0 Å². The van der Waals surface area contributed by atoms with E-state index in [0.29, 0.717) is 12.2 Å². The summed E-state index contributed by atoms with van der Waals surface area (Å²) in [5, 5.41) is 22.6. The lowest BCUT2D eigenvalue weighted by Crippen LogP contribution is -2.08. The Hall–Kier alpha value is -2.11. The van der Waals surface area contributed by atoms with Crippen LogP contribution in [0.25, 0.3) is 0 Å². The van der Waals surface area contributed by atoms with Gasteiger partial charge in [-0.1, -0.05) is 19.8 Å². The largest absolute Gasteiger partial charge is 0.478 e. The van der Waals surface area contributed by atoms with Gasteiger partial charge in [-0.05, 0) is 12.5 Å². The average molecular weight is 252 g/mol. The molecule has 0 bridgehead atoms. The number of anilines is 1. The summed E-state index contributed by atoms with van der Waals surface area (Å²) >= 11 is 0. The summed E-state index contributed by atoms with van der Waals surface area (Å²) in [7, 11) is 0. The Morgan fingerprint density at radius 3 is 2.72 bits per heavy atom. The van der Waals surface area contributed by atoms with E-state index in [1.165, 1.54) is 18.2 Å². The number of rotatable bonds is 7. The van der Waals surface area contributed by atoms with Gasteiger partial charge in [0.05, 0.1) is 16.2 Å². The van der Waals surface area contributed by atoms with Gasteiger partial charge in [-0.15, -0.1) is 0 Å². The summed E-state index contributed by atoms with van der Waals surface area (Å²) in [5.74, 6) is -1.09. The fraction of sp³-hybridized carbons (Fsp3) is 0.417. The molecule has 1 rings (SSSR count). The van der Waals surface area contributed by atoms with Gasteiger partial charge in [-0.3, -0.25) is 10.1 Å². The van der Waals surface area contributed by atoms with Crippen molar-refractivity contribution in [2.75, 3.05) is 11.9 Å². The number of hydrogen-bond acceptors (Lipinski definition) is 4. The summed E-state index contributed by atoms with van der Waals surface area (Å²) in [5.41, 5.74) is 0.239. The molecule has 0 spiro atoms. The van der Waals surface area contributed by atoms with Gasteiger partial charge < -0.3 is 10.4 Å². The minimum Gasteiger partial charge on any atom is -0.478 e. The van der Waals surface area contributed by atoms with Crippen molar-refractivity contribution in [2.45, 2.75) is 26.2 Å². The number of non-ortho nitro benzene ring substituents is 1. The summed E-state index contributed by atoms with van der Waals surface area (Å²) in [6.07, 6.45) is 2.99. The predicted molar refractivity (Wildman–Crippen MR) is 68.1 cm³/mol. The molecule has 6 nitrogen and oxygen atoms in total. The lowest BCUT2D eigenvalue weighted by Gasteiger charge is -2.09.